The zero-order valence-electron chi connectivity index (χ0n) is 18.3. The third kappa shape index (κ3) is 5.05. The minimum atomic E-state index is -1.18. The lowest BCUT2D eigenvalue weighted by atomic mass is 9.81. The first-order valence-electron chi connectivity index (χ1n) is 10.8. The number of hydrogen-bond acceptors (Lipinski definition) is 4. The molecule has 0 spiro atoms. The van der Waals surface area contributed by atoms with Crippen molar-refractivity contribution in [1.29, 1.82) is 0 Å². The SMILES string of the molecule is C[C@H](C(=O)c1ccc(Cl)cc1)N(C(=O)c1ccc(Cl)c(Cl)c1)N1C(=O)[C@@H]2C[C@@H](Br)[C@@H](Br)C[C@H]2C1=O. The fourth-order valence-electron chi connectivity index (χ4n) is 4.46. The van der Waals surface area contributed by atoms with E-state index in [2.05, 4.69) is 31.9 Å². The van der Waals surface area contributed by atoms with Crippen LogP contribution in [0.5, 0.6) is 0 Å². The van der Waals surface area contributed by atoms with E-state index in [4.69, 9.17) is 34.8 Å². The smallest absolute Gasteiger partial charge is 0.273 e. The van der Waals surface area contributed by atoms with E-state index in [1.807, 2.05) is 0 Å². The molecule has 2 aromatic carbocycles. The van der Waals surface area contributed by atoms with E-state index in [9.17, 15) is 19.2 Å². The third-order valence-electron chi connectivity index (χ3n) is 6.35. The maximum atomic E-state index is 13.7. The number of alkyl halides is 2. The summed E-state index contributed by atoms with van der Waals surface area (Å²) in [6.07, 6.45) is 0.853. The summed E-state index contributed by atoms with van der Waals surface area (Å²) >= 11 is 25.2. The summed E-state index contributed by atoms with van der Waals surface area (Å²) in [5.74, 6) is -3.38. The van der Waals surface area contributed by atoms with Crippen LogP contribution in [0.4, 0.5) is 0 Å². The van der Waals surface area contributed by atoms with E-state index >= 15 is 0 Å². The van der Waals surface area contributed by atoms with Crippen LogP contribution in [0.25, 0.3) is 0 Å². The van der Waals surface area contributed by atoms with Crippen molar-refractivity contribution in [3.63, 3.8) is 0 Å². The highest BCUT2D eigenvalue weighted by atomic mass is 79.9. The van der Waals surface area contributed by atoms with E-state index in [0.717, 1.165) is 10.0 Å². The Bertz CT molecular complexity index is 1180. The molecule has 0 bridgehead atoms. The van der Waals surface area contributed by atoms with Crippen molar-refractivity contribution >= 4 is 90.2 Å². The van der Waals surface area contributed by atoms with Gasteiger partial charge in [-0.3, -0.25) is 19.2 Å². The highest BCUT2D eigenvalue weighted by Gasteiger charge is 2.55. The molecule has 6 nitrogen and oxygen atoms in total. The molecule has 0 aromatic heterocycles. The fraction of sp³-hybridized carbons (Fsp3) is 0.333. The number of rotatable bonds is 5. The number of benzene rings is 2. The highest BCUT2D eigenvalue weighted by molar-refractivity contribution is 9.12. The van der Waals surface area contributed by atoms with E-state index in [0.29, 0.717) is 17.9 Å². The van der Waals surface area contributed by atoms with Crippen LogP contribution in [0, 0.1) is 11.8 Å². The molecule has 2 aromatic rings. The van der Waals surface area contributed by atoms with Gasteiger partial charge in [0.05, 0.1) is 21.9 Å². The predicted molar refractivity (Wildman–Crippen MR) is 141 cm³/mol. The number of carbonyl (C=O) groups excluding carboxylic acids is 4. The Labute approximate surface area is 234 Å². The van der Waals surface area contributed by atoms with Gasteiger partial charge in [0.15, 0.2) is 5.78 Å². The highest BCUT2D eigenvalue weighted by Crippen LogP contribution is 2.44. The summed E-state index contributed by atoms with van der Waals surface area (Å²) < 4.78 is 0. The molecule has 0 N–H and O–H groups in total. The van der Waals surface area contributed by atoms with Gasteiger partial charge in [-0.2, -0.15) is 5.01 Å². The number of halogens is 5. The van der Waals surface area contributed by atoms with Crippen molar-refractivity contribution in [3.8, 4) is 0 Å². The van der Waals surface area contributed by atoms with Crippen molar-refractivity contribution in [1.82, 2.24) is 10.0 Å². The molecule has 1 aliphatic heterocycles. The number of Topliss-reactive ketones (excluding diaryl/α,β-unsaturated/α-hetero) is 1. The van der Waals surface area contributed by atoms with Crippen LogP contribution in [0.2, 0.25) is 15.1 Å². The van der Waals surface area contributed by atoms with Gasteiger partial charge in [-0.15, -0.1) is 0 Å². The maximum absolute atomic E-state index is 13.7. The van der Waals surface area contributed by atoms with E-state index in [1.54, 1.807) is 12.1 Å². The molecule has 11 heteroatoms. The van der Waals surface area contributed by atoms with E-state index in [-0.39, 0.29) is 30.8 Å². The van der Waals surface area contributed by atoms with Gasteiger partial charge in [-0.1, -0.05) is 66.7 Å². The van der Waals surface area contributed by atoms with Gasteiger partial charge in [0, 0.05) is 25.8 Å². The predicted octanol–water partition coefficient (Wildman–Crippen LogP) is 6.20. The van der Waals surface area contributed by atoms with Crippen LogP contribution in [0.1, 0.15) is 40.5 Å². The first kappa shape index (κ1) is 26.6. The summed E-state index contributed by atoms with van der Waals surface area (Å²) in [6, 6.07) is 9.22. The lowest BCUT2D eigenvalue weighted by Gasteiger charge is -2.34. The second-order valence-corrected chi connectivity index (χ2v) is 12.1. The molecule has 1 aliphatic carbocycles. The second kappa shape index (κ2) is 10.5. The van der Waals surface area contributed by atoms with Gasteiger partial charge in [-0.05, 0) is 62.2 Å². The lowest BCUT2D eigenvalue weighted by Crippen LogP contribution is -2.56. The van der Waals surface area contributed by atoms with Gasteiger partial charge in [0.25, 0.3) is 17.7 Å². The minimum absolute atomic E-state index is 0.00667. The molecule has 5 atom stereocenters. The molecule has 3 amide bonds. The van der Waals surface area contributed by atoms with Crippen LogP contribution in [-0.4, -0.2) is 49.2 Å². The summed E-state index contributed by atoms with van der Waals surface area (Å²) in [6.45, 7) is 1.48. The minimum Gasteiger partial charge on any atom is -0.292 e. The molecule has 1 saturated heterocycles. The Morgan fingerprint density at radius 3 is 1.91 bits per heavy atom. The molecule has 35 heavy (non-hydrogen) atoms. The zero-order valence-corrected chi connectivity index (χ0v) is 23.7. The summed E-state index contributed by atoms with van der Waals surface area (Å²) in [5.41, 5.74) is 0.369. The molecule has 184 valence electrons. The number of ketones is 1. The van der Waals surface area contributed by atoms with E-state index in [1.165, 1.54) is 37.3 Å². The normalized spacial score (nSPS) is 24.8. The number of imide groups is 1. The largest absolute Gasteiger partial charge is 0.292 e. The van der Waals surface area contributed by atoms with Gasteiger partial charge < -0.3 is 0 Å². The van der Waals surface area contributed by atoms with Crippen molar-refractivity contribution in [2.45, 2.75) is 35.5 Å². The Morgan fingerprint density at radius 2 is 1.40 bits per heavy atom. The lowest BCUT2D eigenvalue weighted by molar-refractivity contribution is -0.156. The van der Waals surface area contributed by atoms with Gasteiger partial charge in [0.2, 0.25) is 0 Å². The Hall–Kier alpha value is -1.45. The molecule has 1 heterocycles. The van der Waals surface area contributed by atoms with Gasteiger partial charge in [-0.25, -0.2) is 5.01 Å². The van der Waals surface area contributed by atoms with Gasteiger partial charge in [0.1, 0.15) is 6.04 Å². The molecular weight excluding hydrogens is 646 g/mol. The van der Waals surface area contributed by atoms with Crippen molar-refractivity contribution in [2.75, 3.05) is 0 Å². The molecule has 0 unspecified atom stereocenters. The van der Waals surface area contributed by atoms with Crippen molar-refractivity contribution in [2.24, 2.45) is 11.8 Å². The average molecular weight is 666 g/mol. The standard InChI is InChI=1S/C24H19Br2Cl3N2O4/c1-11(21(32)12-2-5-14(27)6-3-12)30(22(33)13-4-7-19(28)20(29)8-13)31-23(34)15-9-17(25)18(26)10-16(15)24(31)35/h2-8,11,15-18H,9-10H2,1H3/t11-,15-,16-,17-,18+/m1/s1. The Kier molecular flexibility index (Phi) is 7.98. The number of hydrogen-bond donors (Lipinski definition) is 0. The van der Waals surface area contributed by atoms with Crippen LogP contribution in [-0.2, 0) is 9.59 Å². The topological polar surface area (TPSA) is 74.8 Å². The van der Waals surface area contributed by atoms with Crippen LogP contribution in [0.3, 0.4) is 0 Å². The number of fused-ring (bicyclic) bond motifs is 1. The van der Waals surface area contributed by atoms with Gasteiger partial charge >= 0.3 is 0 Å². The molecular formula is C24H19Br2Cl3N2O4. The third-order valence-corrected chi connectivity index (χ3v) is 10.1. The molecule has 2 fully saturated rings. The average Bonchev–Trinajstić information content (AvgIpc) is 3.05. The number of nitrogens with zero attached hydrogens (tertiary/aromatic N) is 2. The van der Waals surface area contributed by atoms with E-state index < -0.39 is 41.4 Å². The van der Waals surface area contributed by atoms with Crippen LogP contribution < -0.4 is 0 Å². The number of amides is 3. The summed E-state index contributed by atoms with van der Waals surface area (Å²) in [7, 11) is 0. The molecule has 2 aliphatic rings. The first-order valence-corrected chi connectivity index (χ1v) is 13.7. The maximum Gasteiger partial charge on any atom is 0.273 e. The van der Waals surface area contributed by atoms with Crippen molar-refractivity contribution in [3.05, 3.63) is 68.7 Å². The second-order valence-electron chi connectivity index (χ2n) is 8.53. The molecule has 4 rings (SSSR count). The zero-order chi connectivity index (χ0) is 25.6. The monoisotopic (exact) mass is 662 g/mol. The van der Waals surface area contributed by atoms with Crippen molar-refractivity contribution < 1.29 is 19.2 Å². The molecule has 1 saturated carbocycles. The molecule has 0 radical (unpaired) electrons. The summed E-state index contributed by atoms with van der Waals surface area (Å²) in [4.78, 5) is 54.1. The van der Waals surface area contributed by atoms with Crippen LogP contribution in [0.15, 0.2) is 42.5 Å². The van der Waals surface area contributed by atoms with Crippen LogP contribution >= 0.6 is 66.7 Å². The Balaban J connectivity index is 1.76. The number of hydrazine groups is 1. The summed E-state index contributed by atoms with van der Waals surface area (Å²) in [5, 5.41) is 2.62. The Morgan fingerprint density at radius 1 is 0.886 bits per heavy atom. The quantitative estimate of drug-likeness (QED) is 0.217. The first-order chi connectivity index (χ1) is 16.5. The fourth-order valence-corrected chi connectivity index (χ4v) is 6.12. The number of carbonyl (C=O) groups is 4.